The van der Waals surface area contributed by atoms with Gasteiger partial charge in [-0.2, -0.15) is 0 Å². The number of hydrogen-bond acceptors (Lipinski definition) is 3. The van der Waals surface area contributed by atoms with Crippen LogP contribution in [0.3, 0.4) is 0 Å². The lowest BCUT2D eigenvalue weighted by atomic mass is 10.1. The van der Waals surface area contributed by atoms with Crippen LogP contribution in [0.1, 0.15) is 18.4 Å². The minimum atomic E-state index is -3.26. The average Bonchev–Trinajstić information content (AvgIpc) is 2.82. The minimum absolute atomic E-state index is 0.259. The fourth-order valence-corrected chi connectivity index (χ4v) is 3.11. The fourth-order valence-electron chi connectivity index (χ4n) is 1.68. The van der Waals surface area contributed by atoms with Crippen molar-refractivity contribution in [3.63, 3.8) is 0 Å². The predicted molar refractivity (Wildman–Crippen MR) is 59.7 cm³/mol. The zero-order chi connectivity index (χ0) is 11.3. The Morgan fingerprint density at radius 3 is 2.47 bits per heavy atom. The summed E-state index contributed by atoms with van der Waals surface area (Å²) in [6.07, 6.45) is 2.76. The molecular formula is C10H12ClNO2S. The third-order valence-corrected chi connectivity index (χ3v) is 4.12. The molecule has 0 saturated heterocycles. The van der Waals surface area contributed by atoms with Crippen LogP contribution < -0.4 is 5.73 Å². The largest absolute Gasteiger partial charge is 0.321 e. The maximum atomic E-state index is 11.6. The van der Waals surface area contributed by atoms with Gasteiger partial charge in [-0.05, 0) is 25.0 Å². The Balaban J connectivity index is 2.71. The predicted octanol–water partition coefficient (Wildman–Crippen LogP) is 1.69. The smallest absolute Gasteiger partial charge is 0.175 e. The zero-order valence-electron chi connectivity index (χ0n) is 8.33. The summed E-state index contributed by atoms with van der Waals surface area (Å²) in [5.74, 6) is 0. The Morgan fingerprint density at radius 1 is 1.40 bits per heavy atom. The summed E-state index contributed by atoms with van der Waals surface area (Å²) in [4.78, 5) is 0.259. The van der Waals surface area contributed by atoms with E-state index in [-0.39, 0.29) is 4.90 Å². The first kappa shape index (κ1) is 10.9. The van der Waals surface area contributed by atoms with Gasteiger partial charge in [0.05, 0.1) is 4.90 Å². The van der Waals surface area contributed by atoms with E-state index < -0.39 is 15.4 Å². The Bertz CT molecular complexity index is 506. The first-order chi connectivity index (χ1) is 6.84. The standard InChI is InChI=1S/C10H12ClNO2S/c1-15(13,14)8-4-2-3-7(11)9(8)10(12)5-6-10/h2-4H,5-6,12H2,1H3. The number of benzene rings is 1. The van der Waals surface area contributed by atoms with E-state index in [0.717, 1.165) is 12.8 Å². The number of nitrogens with two attached hydrogens (primary N) is 1. The fraction of sp³-hybridized carbons (Fsp3) is 0.400. The lowest BCUT2D eigenvalue weighted by Crippen LogP contribution is -2.22. The molecule has 15 heavy (non-hydrogen) atoms. The van der Waals surface area contributed by atoms with E-state index in [2.05, 4.69) is 0 Å². The summed E-state index contributed by atoms with van der Waals surface area (Å²) in [6, 6.07) is 4.87. The second-order valence-corrected chi connectivity index (χ2v) is 6.43. The SMILES string of the molecule is CS(=O)(=O)c1cccc(Cl)c1C1(N)CC1. The van der Waals surface area contributed by atoms with Crippen LogP contribution in [0, 0.1) is 0 Å². The molecule has 82 valence electrons. The average molecular weight is 246 g/mol. The van der Waals surface area contributed by atoms with Crippen LogP contribution in [0.2, 0.25) is 5.02 Å². The normalized spacial score (nSPS) is 18.9. The molecule has 0 radical (unpaired) electrons. The van der Waals surface area contributed by atoms with E-state index in [9.17, 15) is 8.42 Å². The van der Waals surface area contributed by atoms with E-state index in [0.29, 0.717) is 10.6 Å². The van der Waals surface area contributed by atoms with E-state index in [4.69, 9.17) is 17.3 Å². The zero-order valence-corrected chi connectivity index (χ0v) is 9.90. The van der Waals surface area contributed by atoms with Crippen LogP contribution in [0.25, 0.3) is 0 Å². The molecule has 0 spiro atoms. The molecule has 0 amide bonds. The molecule has 0 atom stereocenters. The highest BCUT2D eigenvalue weighted by molar-refractivity contribution is 7.90. The molecular weight excluding hydrogens is 234 g/mol. The Kier molecular flexibility index (Phi) is 2.33. The van der Waals surface area contributed by atoms with E-state index in [1.54, 1.807) is 18.2 Å². The maximum Gasteiger partial charge on any atom is 0.175 e. The maximum absolute atomic E-state index is 11.6. The summed E-state index contributed by atoms with van der Waals surface area (Å²) in [7, 11) is -3.26. The monoisotopic (exact) mass is 245 g/mol. The Morgan fingerprint density at radius 2 is 2.00 bits per heavy atom. The Hall–Kier alpha value is -0.580. The molecule has 0 heterocycles. The highest BCUT2D eigenvalue weighted by Gasteiger charge is 2.44. The topological polar surface area (TPSA) is 60.2 Å². The highest BCUT2D eigenvalue weighted by atomic mass is 35.5. The van der Waals surface area contributed by atoms with E-state index >= 15 is 0 Å². The van der Waals surface area contributed by atoms with Crippen LogP contribution in [-0.4, -0.2) is 14.7 Å². The lowest BCUT2D eigenvalue weighted by molar-refractivity contribution is 0.597. The van der Waals surface area contributed by atoms with Gasteiger partial charge in [0.25, 0.3) is 0 Å². The number of halogens is 1. The van der Waals surface area contributed by atoms with Crippen molar-refractivity contribution in [1.29, 1.82) is 0 Å². The third kappa shape index (κ3) is 1.89. The molecule has 2 N–H and O–H groups in total. The molecule has 0 aliphatic heterocycles. The molecule has 1 fully saturated rings. The van der Waals surface area contributed by atoms with Crippen LogP contribution in [0.4, 0.5) is 0 Å². The highest BCUT2D eigenvalue weighted by Crippen LogP contribution is 2.47. The van der Waals surface area contributed by atoms with Crippen LogP contribution in [0.5, 0.6) is 0 Å². The molecule has 1 aromatic rings. The van der Waals surface area contributed by atoms with Gasteiger partial charge in [0.15, 0.2) is 9.84 Å². The second-order valence-electron chi connectivity index (χ2n) is 4.04. The van der Waals surface area contributed by atoms with Crippen molar-refractivity contribution in [3.05, 3.63) is 28.8 Å². The summed E-state index contributed by atoms with van der Waals surface area (Å²) < 4.78 is 23.1. The van der Waals surface area contributed by atoms with Gasteiger partial charge < -0.3 is 5.73 Å². The van der Waals surface area contributed by atoms with Gasteiger partial charge in [0, 0.05) is 22.4 Å². The summed E-state index contributed by atoms with van der Waals surface area (Å²) >= 11 is 6.02. The molecule has 1 aromatic carbocycles. The van der Waals surface area contributed by atoms with Crippen molar-refractivity contribution in [2.45, 2.75) is 23.3 Å². The number of hydrogen-bond donors (Lipinski definition) is 1. The molecule has 1 saturated carbocycles. The van der Waals surface area contributed by atoms with Gasteiger partial charge in [-0.3, -0.25) is 0 Å². The van der Waals surface area contributed by atoms with Crippen molar-refractivity contribution in [3.8, 4) is 0 Å². The third-order valence-electron chi connectivity index (χ3n) is 2.66. The molecule has 0 aromatic heterocycles. The summed E-state index contributed by atoms with van der Waals surface area (Å²) in [5, 5.41) is 0.443. The molecule has 0 bridgehead atoms. The first-order valence-electron chi connectivity index (χ1n) is 4.62. The van der Waals surface area contributed by atoms with Crippen molar-refractivity contribution in [2.24, 2.45) is 5.73 Å². The molecule has 1 aliphatic rings. The lowest BCUT2D eigenvalue weighted by Gasteiger charge is -2.15. The molecule has 1 aliphatic carbocycles. The van der Waals surface area contributed by atoms with Crippen LogP contribution in [-0.2, 0) is 15.4 Å². The van der Waals surface area contributed by atoms with Gasteiger partial charge in [-0.25, -0.2) is 8.42 Å². The number of rotatable bonds is 2. The van der Waals surface area contributed by atoms with Gasteiger partial charge >= 0.3 is 0 Å². The van der Waals surface area contributed by atoms with Crippen LogP contribution in [0.15, 0.2) is 23.1 Å². The van der Waals surface area contributed by atoms with Crippen molar-refractivity contribution >= 4 is 21.4 Å². The van der Waals surface area contributed by atoms with Gasteiger partial charge in [0.2, 0.25) is 0 Å². The molecule has 2 rings (SSSR count). The minimum Gasteiger partial charge on any atom is -0.321 e. The van der Waals surface area contributed by atoms with Crippen LogP contribution >= 0.6 is 11.6 Å². The molecule has 5 heteroatoms. The van der Waals surface area contributed by atoms with Crippen molar-refractivity contribution in [1.82, 2.24) is 0 Å². The van der Waals surface area contributed by atoms with Gasteiger partial charge in [-0.1, -0.05) is 17.7 Å². The first-order valence-corrected chi connectivity index (χ1v) is 6.89. The van der Waals surface area contributed by atoms with Gasteiger partial charge in [0.1, 0.15) is 0 Å². The number of sulfone groups is 1. The van der Waals surface area contributed by atoms with Crippen molar-refractivity contribution in [2.75, 3.05) is 6.26 Å². The second kappa shape index (κ2) is 3.20. The summed E-state index contributed by atoms with van der Waals surface area (Å²) in [5.41, 5.74) is 6.06. The Labute approximate surface area is 94.2 Å². The van der Waals surface area contributed by atoms with E-state index in [1.165, 1.54) is 6.26 Å². The molecule has 3 nitrogen and oxygen atoms in total. The molecule has 0 unspecified atom stereocenters. The van der Waals surface area contributed by atoms with E-state index in [1.807, 2.05) is 0 Å². The summed E-state index contributed by atoms with van der Waals surface area (Å²) in [6.45, 7) is 0. The quantitative estimate of drug-likeness (QED) is 0.863. The van der Waals surface area contributed by atoms with Gasteiger partial charge in [-0.15, -0.1) is 0 Å². The van der Waals surface area contributed by atoms with Crippen molar-refractivity contribution < 1.29 is 8.42 Å².